The maximum Gasteiger partial charge on any atom is 0.193 e. The van der Waals surface area contributed by atoms with Gasteiger partial charge in [-0.05, 0) is 24.6 Å². The van der Waals surface area contributed by atoms with Crippen LogP contribution in [0.25, 0.3) is 4.96 Å². The highest BCUT2D eigenvalue weighted by molar-refractivity contribution is 7.15. The zero-order valence-corrected chi connectivity index (χ0v) is 10.8. The van der Waals surface area contributed by atoms with Crippen LogP contribution in [0.2, 0.25) is 0 Å². The molecule has 3 rings (SSSR count). The van der Waals surface area contributed by atoms with E-state index in [1.54, 1.807) is 11.3 Å². The topological polar surface area (TPSA) is 52.5 Å². The molecule has 0 unspecified atom stereocenters. The molecule has 3 aromatic rings. The number of aromatic nitrogens is 2. The number of anilines is 1. The molecule has 0 amide bonds. The molecule has 4 nitrogen and oxygen atoms in total. The van der Waals surface area contributed by atoms with E-state index < -0.39 is 0 Å². The molecule has 1 aromatic carbocycles. The number of nitrogens with two attached hydrogens (primary N) is 1. The number of nitrogens with zero attached hydrogens (tertiary/aromatic N) is 2. The summed E-state index contributed by atoms with van der Waals surface area (Å²) in [6.45, 7) is 2.44. The lowest BCUT2D eigenvalue weighted by Gasteiger charge is -2.07. The van der Waals surface area contributed by atoms with E-state index in [9.17, 15) is 0 Å². The zero-order chi connectivity index (χ0) is 12.5. The molecule has 0 aliphatic heterocycles. The molecule has 2 N–H and O–H groups in total. The van der Waals surface area contributed by atoms with Gasteiger partial charge < -0.3 is 10.5 Å². The van der Waals surface area contributed by atoms with Crippen LogP contribution >= 0.6 is 11.3 Å². The van der Waals surface area contributed by atoms with E-state index in [0.717, 1.165) is 16.2 Å². The van der Waals surface area contributed by atoms with Crippen molar-refractivity contribution in [2.75, 3.05) is 5.73 Å². The number of benzene rings is 1. The van der Waals surface area contributed by atoms with Gasteiger partial charge in [0.2, 0.25) is 0 Å². The Morgan fingerprint density at radius 2 is 2.33 bits per heavy atom. The molecule has 18 heavy (non-hydrogen) atoms. The molecule has 0 atom stereocenters. The van der Waals surface area contributed by atoms with Crippen molar-refractivity contribution in [1.82, 2.24) is 9.38 Å². The lowest BCUT2D eigenvalue weighted by molar-refractivity contribution is 0.304. The van der Waals surface area contributed by atoms with Crippen molar-refractivity contribution in [3.63, 3.8) is 0 Å². The number of imidazole rings is 1. The van der Waals surface area contributed by atoms with Crippen LogP contribution < -0.4 is 10.5 Å². The fraction of sp³-hybridized carbons (Fsp3) is 0.154. The third kappa shape index (κ3) is 2.04. The van der Waals surface area contributed by atoms with Crippen LogP contribution in [0.15, 0.2) is 36.0 Å². The number of hydrogen-bond donors (Lipinski definition) is 1. The number of thiazole rings is 1. The van der Waals surface area contributed by atoms with Crippen LogP contribution in [-0.4, -0.2) is 9.38 Å². The maximum atomic E-state index is 5.89. The molecule has 92 valence electrons. The monoisotopic (exact) mass is 259 g/mol. The summed E-state index contributed by atoms with van der Waals surface area (Å²) in [5.41, 5.74) is 8.59. The van der Waals surface area contributed by atoms with Crippen molar-refractivity contribution in [3.05, 3.63) is 47.2 Å². The van der Waals surface area contributed by atoms with Crippen molar-refractivity contribution < 1.29 is 4.74 Å². The van der Waals surface area contributed by atoms with Gasteiger partial charge in [-0.25, -0.2) is 4.98 Å². The van der Waals surface area contributed by atoms with Crippen molar-refractivity contribution in [1.29, 1.82) is 0 Å². The highest BCUT2D eigenvalue weighted by Gasteiger charge is 2.05. The van der Waals surface area contributed by atoms with Crippen molar-refractivity contribution in [2.24, 2.45) is 0 Å². The molecule has 0 saturated carbocycles. The summed E-state index contributed by atoms with van der Waals surface area (Å²) in [6, 6.07) is 5.78. The highest BCUT2D eigenvalue weighted by atomic mass is 32.1. The SMILES string of the molecule is Cc1ccc(OCc2cn3ccsc3n2)c(N)c1. The Morgan fingerprint density at radius 3 is 3.11 bits per heavy atom. The Morgan fingerprint density at radius 1 is 1.44 bits per heavy atom. The minimum absolute atomic E-state index is 0.432. The van der Waals surface area contributed by atoms with Gasteiger partial charge in [-0.15, -0.1) is 11.3 Å². The Bertz CT molecular complexity index is 658. The zero-order valence-electron chi connectivity index (χ0n) is 9.96. The Balaban J connectivity index is 1.76. The van der Waals surface area contributed by atoms with Crippen LogP contribution in [0, 0.1) is 6.92 Å². The number of aryl methyl sites for hydroxylation is 1. The summed E-state index contributed by atoms with van der Waals surface area (Å²) >= 11 is 1.61. The predicted molar refractivity (Wildman–Crippen MR) is 73.0 cm³/mol. The largest absolute Gasteiger partial charge is 0.485 e. The second kappa shape index (κ2) is 4.34. The second-order valence-corrected chi connectivity index (χ2v) is 5.03. The Hall–Kier alpha value is -2.01. The number of hydrogen-bond acceptors (Lipinski definition) is 4. The predicted octanol–water partition coefficient (Wildman–Crippen LogP) is 2.87. The van der Waals surface area contributed by atoms with E-state index in [2.05, 4.69) is 4.98 Å². The molecule has 0 spiro atoms. The molecular formula is C13H13N3OS. The fourth-order valence-corrected chi connectivity index (χ4v) is 2.52. The molecular weight excluding hydrogens is 246 g/mol. The number of ether oxygens (including phenoxy) is 1. The molecule has 0 aliphatic carbocycles. The Labute approximate surface area is 109 Å². The summed E-state index contributed by atoms with van der Waals surface area (Å²) in [6.07, 6.45) is 3.95. The van der Waals surface area contributed by atoms with E-state index in [-0.39, 0.29) is 0 Å². The molecule has 2 aromatic heterocycles. The van der Waals surface area contributed by atoms with Crippen LogP contribution in [0.5, 0.6) is 5.75 Å². The summed E-state index contributed by atoms with van der Waals surface area (Å²) < 4.78 is 7.67. The molecule has 2 heterocycles. The first-order valence-corrected chi connectivity index (χ1v) is 6.50. The molecule has 0 fully saturated rings. The van der Waals surface area contributed by atoms with Crippen molar-refractivity contribution >= 4 is 22.0 Å². The first kappa shape index (κ1) is 11.1. The minimum atomic E-state index is 0.432. The van der Waals surface area contributed by atoms with E-state index >= 15 is 0 Å². The van der Waals surface area contributed by atoms with Gasteiger partial charge in [-0.1, -0.05) is 6.07 Å². The van der Waals surface area contributed by atoms with E-state index in [0.29, 0.717) is 18.0 Å². The van der Waals surface area contributed by atoms with Gasteiger partial charge in [-0.3, -0.25) is 4.40 Å². The molecule has 5 heteroatoms. The van der Waals surface area contributed by atoms with Gasteiger partial charge in [0.25, 0.3) is 0 Å². The normalized spacial score (nSPS) is 10.9. The minimum Gasteiger partial charge on any atom is -0.485 e. The first-order chi connectivity index (χ1) is 8.72. The van der Waals surface area contributed by atoms with E-state index in [1.165, 1.54) is 0 Å². The lowest BCUT2D eigenvalue weighted by Crippen LogP contribution is -1.99. The standard InChI is InChI=1S/C13H13N3OS/c1-9-2-3-12(11(14)6-9)17-8-10-7-16-4-5-18-13(16)15-10/h2-7H,8,14H2,1H3. The summed E-state index contributed by atoms with van der Waals surface area (Å²) in [5.74, 6) is 0.706. The maximum absolute atomic E-state index is 5.89. The molecule has 0 radical (unpaired) electrons. The van der Waals surface area contributed by atoms with Crippen molar-refractivity contribution in [3.8, 4) is 5.75 Å². The quantitative estimate of drug-likeness (QED) is 0.736. The summed E-state index contributed by atoms with van der Waals surface area (Å²) in [7, 11) is 0. The summed E-state index contributed by atoms with van der Waals surface area (Å²) in [5, 5.41) is 2.00. The highest BCUT2D eigenvalue weighted by Crippen LogP contribution is 2.23. The number of rotatable bonds is 3. The van der Waals surface area contributed by atoms with Gasteiger partial charge in [0.05, 0.1) is 11.4 Å². The average molecular weight is 259 g/mol. The fourth-order valence-electron chi connectivity index (χ4n) is 1.80. The van der Waals surface area contributed by atoms with E-state index in [4.69, 9.17) is 10.5 Å². The van der Waals surface area contributed by atoms with Gasteiger partial charge >= 0.3 is 0 Å². The second-order valence-electron chi connectivity index (χ2n) is 4.16. The third-order valence-electron chi connectivity index (χ3n) is 2.68. The van der Waals surface area contributed by atoms with Gasteiger partial charge in [0, 0.05) is 17.8 Å². The number of fused-ring (bicyclic) bond motifs is 1. The molecule has 0 saturated heterocycles. The smallest absolute Gasteiger partial charge is 0.193 e. The van der Waals surface area contributed by atoms with Gasteiger partial charge in [0.1, 0.15) is 12.4 Å². The van der Waals surface area contributed by atoms with Crippen molar-refractivity contribution in [2.45, 2.75) is 13.5 Å². The molecule has 0 aliphatic rings. The van der Waals surface area contributed by atoms with Gasteiger partial charge in [0.15, 0.2) is 4.96 Å². The average Bonchev–Trinajstić information content (AvgIpc) is 2.88. The van der Waals surface area contributed by atoms with E-state index in [1.807, 2.05) is 47.3 Å². The van der Waals surface area contributed by atoms with Crippen LogP contribution in [0.1, 0.15) is 11.3 Å². The van der Waals surface area contributed by atoms with Crippen LogP contribution in [0.3, 0.4) is 0 Å². The molecule has 0 bridgehead atoms. The number of nitrogen functional groups attached to an aromatic ring is 1. The first-order valence-electron chi connectivity index (χ1n) is 5.62. The summed E-state index contributed by atoms with van der Waals surface area (Å²) in [4.78, 5) is 5.43. The van der Waals surface area contributed by atoms with Crippen LogP contribution in [-0.2, 0) is 6.61 Å². The van der Waals surface area contributed by atoms with Gasteiger partial charge in [-0.2, -0.15) is 0 Å². The third-order valence-corrected chi connectivity index (χ3v) is 3.45. The van der Waals surface area contributed by atoms with Crippen LogP contribution in [0.4, 0.5) is 5.69 Å². The lowest BCUT2D eigenvalue weighted by atomic mass is 10.2. The Kier molecular flexibility index (Phi) is 2.68.